The zero-order chi connectivity index (χ0) is 15.7. The van der Waals surface area contributed by atoms with Crippen molar-refractivity contribution in [3.05, 3.63) is 42.2 Å². The van der Waals surface area contributed by atoms with Crippen molar-refractivity contribution in [2.45, 2.75) is 13.3 Å². The molecule has 2 aromatic rings. The van der Waals surface area contributed by atoms with Crippen molar-refractivity contribution < 1.29 is 9.90 Å². The smallest absolute Gasteiger partial charge is 0.278 e. The molecule has 23 heavy (non-hydrogen) atoms. The molecule has 0 spiro atoms. The number of para-hydroxylation sites is 1. The fraction of sp³-hybridized carbons (Fsp3) is 0.375. The molecule has 0 radical (unpaired) electrons. The second-order valence-electron chi connectivity index (χ2n) is 6.13. The summed E-state index contributed by atoms with van der Waals surface area (Å²) in [6.45, 7) is 3.86. The Bertz CT molecular complexity index is 689. The maximum absolute atomic E-state index is 12.6. The van der Waals surface area contributed by atoms with Crippen molar-refractivity contribution in [3.63, 3.8) is 0 Å². The average Bonchev–Trinajstić information content (AvgIpc) is 3.12. The van der Waals surface area contributed by atoms with Gasteiger partial charge in [0.25, 0.3) is 5.91 Å². The fourth-order valence-electron chi connectivity index (χ4n) is 2.74. The number of carbonyl (C=O) groups is 1. The summed E-state index contributed by atoms with van der Waals surface area (Å²) in [4.78, 5) is 14.3. The Kier molecular flexibility index (Phi) is 4.97. The minimum atomic E-state index is -0.246. The SMILES string of the molecule is CC1(CN)CCN(C(=O)c2nn(-c3ccccc3)cc2O)C1.Cl. The standard InChI is InChI=1S/C16H20N4O2.ClH/c1-16(10-17)7-8-19(11-16)15(22)14-13(21)9-20(18-14)12-5-3-2-4-6-12;/h2-6,9,21H,7-8,10-11,17H2,1H3;1H. The lowest BCUT2D eigenvalue weighted by Crippen LogP contribution is -2.34. The van der Waals surface area contributed by atoms with Crippen molar-refractivity contribution in [1.82, 2.24) is 14.7 Å². The number of aromatic hydroxyl groups is 1. The van der Waals surface area contributed by atoms with E-state index in [4.69, 9.17) is 5.73 Å². The maximum Gasteiger partial charge on any atom is 0.278 e. The molecule has 3 rings (SSSR count). The Morgan fingerprint density at radius 3 is 2.70 bits per heavy atom. The predicted molar refractivity (Wildman–Crippen MR) is 90.2 cm³/mol. The van der Waals surface area contributed by atoms with Crippen LogP contribution in [0.4, 0.5) is 0 Å². The van der Waals surface area contributed by atoms with Crippen molar-refractivity contribution in [3.8, 4) is 11.4 Å². The van der Waals surface area contributed by atoms with Gasteiger partial charge in [0.05, 0.1) is 11.9 Å². The Morgan fingerprint density at radius 1 is 1.39 bits per heavy atom. The molecule has 1 aromatic heterocycles. The number of hydrogen-bond acceptors (Lipinski definition) is 4. The molecule has 0 saturated carbocycles. The molecular formula is C16H21ClN4O2. The van der Waals surface area contributed by atoms with Crippen molar-refractivity contribution in [2.75, 3.05) is 19.6 Å². The first-order valence-electron chi connectivity index (χ1n) is 7.36. The van der Waals surface area contributed by atoms with Gasteiger partial charge in [0.1, 0.15) is 0 Å². The normalized spacial score (nSPS) is 20.3. The Hall–Kier alpha value is -2.05. The summed E-state index contributed by atoms with van der Waals surface area (Å²) in [5, 5.41) is 14.3. The number of benzene rings is 1. The zero-order valence-corrected chi connectivity index (χ0v) is 13.8. The van der Waals surface area contributed by atoms with Crippen molar-refractivity contribution in [1.29, 1.82) is 0 Å². The number of nitrogens with two attached hydrogens (primary N) is 1. The molecule has 1 amide bonds. The van der Waals surface area contributed by atoms with E-state index < -0.39 is 0 Å². The summed E-state index contributed by atoms with van der Waals surface area (Å²) in [6, 6.07) is 9.38. The number of rotatable bonds is 3. The summed E-state index contributed by atoms with van der Waals surface area (Å²) in [5.41, 5.74) is 6.61. The van der Waals surface area contributed by atoms with Gasteiger partial charge in [-0.25, -0.2) is 4.68 Å². The molecule has 3 N–H and O–H groups in total. The Balaban J connectivity index is 0.00000192. The van der Waals surface area contributed by atoms with Gasteiger partial charge in [-0.05, 0) is 30.5 Å². The van der Waals surface area contributed by atoms with Gasteiger partial charge in [-0.15, -0.1) is 12.4 Å². The third-order valence-electron chi connectivity index (χ3n) is 4.26. The van der Waals surface area contributed by atoms with Crippen LogP contribution in [0.25, 0.3) is 5.69 Å². The predicted octanol–water partition coefficient (Wildman–Crippen LogP) is 1.81. The van der Waals surface area contributed by atoms with Crippen LogP contribution >= 0.6 is 12.4 Å². The second kappa shape index (κ2) is 6.60. The number of nitrogens with zero attached hydrogens (tertiary/aromatic N) is 3. The van der Waals surface area contributed by atoms with Crippen molar-refractivity contribution >= 4 is 18.3 Å². The molecule has 1 aliphatic heterocycles. The van der Waals surface area contributed by atoms with Crippen LogP contribution in [0.2, 0.25) is 0 Å². The molecule has 7 heteroatoms. The number of aromatic nitrogens is 2. The number of carbonyl (C=O) groups excluding carboxylic acids is 1. The van der Waals surface area contributed by atoms with E-state index in [2.05, 4.69) is 12.0 Å². The summed E-state index contributed by atoms with van der Waals surface area (Å²) < 4.78 is 1.51. The lowest BCUT2D eigenvalue weighted by molar-refractivity contribution is 0.0767. The summed E-state index contributed by atoms with van der Waals surface area (Å²) in [5.74, 6) is -0.348. The van der Waals surface area contributed by atoms with Crippen LogP contribution < -0.4 is 5.73 Å². The minimum Gasteiger partial charge on any atom is -0.504 e. The van der Waals surface area contributed by atoms with Gasteiger partial charge < -0.3 is 15.7 Å². The van der Waals surface area contributed by atoms with E-state index >= 15 is 0 Å². The van der Waals surface area contributed by atoms with E-state index in [9.17, 15) is 9.90 Å². The third-order valence-corrected chi connectivity index (χ3v) is 4.26. The molecule has 0 bridgehead atoms. The van der Waals surface area contributed by atoms with E-state index in [-0.39, 0.29) is 35.2 Å². The number of amides is 1. The minimum absolute atomic E-state index is 0. The molecule has 1 fully saturated rings. The third kappa shape index (κ3) is 3.33. The number of likely N-dealkylation sites (tertiary alicyclic amines) is 1. The molecule has 1 aromatic carbocycles. The molecular weight excluding hydrogens is 316 g/mol. The second-order valence-corrected chi connectivity index (χ2v) is 6.13. The van der Waals surface area contributed by atoms with Gasteiger partial charge in [-0.2, -0.15) is 5.10 Å². The van der Waals surface area contributed by atoms with E-state index in [1.165, 1.54) is 10.9 Å². The van der Waals surface area contributed by atoms with Crippen molar-refractivity contribution in [2.24, 2.45) is 11.1 Å². The monoisotopic (exact) mass is 336 g/mol. The van der Waals surface area contributed by atoms with Gasteiger partial charge in [0.15, 0.2) is 11.4 Å². The average molecular weight is 337 g/mol. The molecule has 1 saturated heterocycles. The first kappa shape index (κ1) is 17.3. The van der Waals surface area contributed by atoms with E-state index in [1.54, 1.807) is 4.90 Å². The number of hydrogen-bond donors (Lipinski definition) is 2. The molecule has 2 heterocycles. The van der Waals surface area contributed by atoms with Crippen LogP contribution in [0.5, 0.6) is 5.75 Å². The highest BCUT2D eigenvalue weighted by Gasteiger charge is 2.36. The summed E-state index contributed by atoms with van der Waals surface area (Å²) in [6.07, 6.45) is 2.33. The largest absolute Gasteiger partial charge is 0.504 e. The van der Waals surface area contributed by atoms with Gasteiger partial charge in [-0.3, -0.25) is 4.79 Å². The van der Waals surface area contributed by atoms with Gasteiger partial charge in [0.2, 0.25) is 0 Å². The lowest BCUT2D eigenvalue weighted by Gasteiger charge is -2.22. The highest BCUT2D eigenvalue weighted by atomic mass is 35.5. The van der Waals surface area contributed by atoms with Crippen LogP contribution in [-0.4, -0.2) is 45.3 Å². The molecule has 6 nitrogen and oxygen atoms in total. The van der Waals surface area contributed by atoms with Crippen LogP contribution in [0, 0.1) is 5.41 Å². The molecule has 1 atom stereocenters. The highest BCUT2D eigenvalue weighted by molar-refractivity contribution is 5.95. The number of halogens is 1. The van der Waals surface area contributed by atoms with Gasteiger partial charge >= 0.3 is 0 Å². The first-order valence-corrected chi connectivity index (χ1v) is 7.36. The van der Waals surface area contributed by atoms with E-state index in [0.29, 0.717) is 19.6 Å². The van der Waals surface area contributed by atoms with Crippen LogP contribution in [0.1, 0.15) is 23.8 Å². The Labute approximate surface area is 141 Å². The van der Waals surface area contributed by atoms with Crippen LogP contribution in [0.15, 0.2) is 36.5 Å². The van der Waals surface area contributed by atoms with E-state index in [1.807, 2.05) is 30.3 Å². The topological polar surface area (TPSA) is 84.4 Å². The van der Waals surface area contributed by atoms with Gasteiger partial charge in [0, 0.05) is 13.1 Å². The Morgan fingerprint density at radius 2 is 2.09 bits per heavy atom. The molecule has 1 unspecified atom stereocenters. The molecule has 1 aliphatic rings. The fourth-order valence-corrected chi connectivity index (χ4v) is 2.74. The lowest BCUT2D eigenvalue weighted by atomic mass is 9.90. The van der Waals surface area contributed by atoms with E-state index in [0.717, 1.165) is 12.1 Å². The summed E-state index contributed by atoms with van der Waals surface area (Å²) >= 11 is 0. The summed E-state index contributed by atoms with van der Waals surface area (Å²) in [7, 11) is 0. The zero-order valence-electron chi connectivity index (χ0n) is 13.0. The first-order chi connectivity index (χ1) is 10.5. The van der Waals surface area contributed by atoms with Gasteiger partial charge in [-0.1, -0.05) is 25.1 Å². The highest BCUT2D eigenvalue weighted by Crippen LogP contribution is 2.30. The van der Waals surface area contributed by atoms with Crippen LogP contribution in [0.3, 0.4) is 0 Å². The maximum atomic E-state index is 12.6. The van der Waals surface area contributed by atoms with Crippen LogP contribution in [-0.2, 0) is 0 Å². The quantitative estimate of drug-likeness (QED) is 0.895. The molecule has 124 valence electrons. The molecule has 0 aliphatic carbocycles.